The van der Waals surface area contributed by atoms with Crippen LogP contribution < -0.4 is 21.7 Å². The molecule has 1 unspecified atom stereocenters. The molecule has 0 aliphatic carbocycles. The van der Waals surface area contributed by atoms with Crippen LogP contribution in [0.25, 0.3) is 0 Å². The minimum Gasteiger partial charge on any atom is -0.477 e. The van der Waals surface area contributed by atoms with Gasteiger partial charge in [-0.05, 0) is 40.2 Å². The summed E-state index contributed by atoms with van der Waals surface area (Å²) < 4.78 is 0. The molecule has 4 heterocycles. The molecule has 3 saturated heterocycles. The van der Waals surface area contributed by atoms with Crippen LogP contribution in [0.1, 0.15) is 40.0 Å². The van der Waals surface area contributed by atoms with E-state index in [9.17, 15) is 24.3 Å². The zero-order valence-corrected chi connectivity index (χ0v) is 22.1. The number of β-lactam (4-membered cyclic amide) rings is 1. The maximum atomic E-state index is 13.2. The predicted molar refractivity (Wildman–Crippen MR) is 136 cm³/mol. The van der Waals surface area contributed by atoms with Gasteiger partial charge in [-0.15, -0.1) is 11.8 Å². The molecule has 36 heavy (non-hydrogen) atoms. The van der Waals surface area contributed by atoms with E-state index in [4.69, 9.17) is 5.73 Å². The normalized spacial score (nSPS) is 34.9. The summed E-state index contributed by atoms with van der Waals surface area (Å²) in [6, 6.07) is -0.783. The van der Waals surface area contributed by atoms with Crippen molar-refractivity contribution in [2.45, 2.75) is 75.5 Å². The van der Waals surface area contributed by atoms with E-state index in [1.165, 1.54) is 16.7 Å². The van der Waals surface area contributed by atoms with Gasteiger partial charge in [0.05, 0.1) is 24.5 Å². The van der Waals surface area contributed by atoms with Gasteiger partial charge in [-0.25, -0.2) is 4.79 Å². The highest BCUT2D eigenvalue weighted by Gasteiger charge is 2.60. The fraction of sp³-hybridized carbons (Fsp3) is 0.750. The highest BCUT2D eigenvalue weighted by molar-refractivity contribution is 8.03. The number of carbonyl (C=O) groups excluding carboxylic acids is 3. The third-order valence-corrected chi connectivity index (χ3v) is 9.45. The molecule has 12 heteroatoms. The van der Waals surface area contributed by atoms with Crippen molar-refractivity contribution in [3.8, 4) is 0 Å². The molecule has 4 rings (SSSR count). The van der Waals surface area contributed by atoms with Crippen LogP contribution in [0.15, 0.2) is 10.6 Å². The van der Waals surface area contributed by atoms with Gasteiger partial charge in [-0.3, -0.25) is 14.4 Å². The van der Waals surface area contributed by atoms with Gasteiger partial charge in [0.2, 0.25) is 17.7 Å². The zero-order chi connectivity index (χ0) is 26.3. The Hall–Kier alpha value is -2.15. The van der Waals surface area contributed by atoms with Crippen molar-refractivity contribution in [2.75, 3.05) is 26.7 Å². The number of nitrogens with one attached hydrogen (secondary N) is 3. The van der Waals surface area contributed by atoms with E-state index in [1.54, 1.807) is 14.0 Å². The van der Waals surface area contributed by atoms with Gasteiger partial charge in [0.1, 0.15) is 5.70 Å². The quantitative estimate of drug-likeness (QED) is 0.260. The molecular formula is C24H38N6O5S. The van der Waals surface area contributed by atoms with Crippen molar-refractivity contribution >= 4 is 35.5 Å². The van der Waals surface area contributed by atoms with Gasteiger partial charge in [0, 0.05) is 47.3 Å². The maximum Gasteiger partial charge on any atom is 0.353 e. The second kappa shape index (κ2) is 10.7. The molecule has 6 N–H and O–H groups in total. The predicted octanol–water partition coefficient (Wildman–Crippen LogP) is -0.715. The van der Waals surface area contributed by atoms with E-state index in [0.29, 0.717) is 24.4 Å². The van der Waals surface area contributed by atoms with Gasteiger partial charge < -0.3 is 36.6 Å². The Morgan fingerprint density at radius 3 is 2.64 bits per heavy atom. The Balaban J connectivity index is 1.42. The molecule has 0 bridgehead atoms. The Bertz CT molecular complexity index is 959. The highest BCUT2D eigenvalue weighted by Crippen LogP contribution is 2.51. The minimum atomic E-state index is -1.12. The number of fused-ring (bicyclic) bond motifs is 1. The van der Waals surface area contributed by atoms with Gasteiger partial charge in [-0.2, -0.15) is 0 Å². The molecule has 0 aromatic rings. The van der Waals surface area contributed by atoms with E-state index in [-0.39, 0.29) is 65.3 Å². The number of rotatable bonds is 8. The van der Waals surface area contributed by atoms with Crippen LogP contribution in [-0.4, -0.2) is 101 Å². The summed E-state index contributed by atoms with van der Waals surface area (Å²) in [5.74, 6) is -2.17. The molecule has 11 nitrogen and oxygen atoms in total. The molecule has 0 aromatic heterocycles. The number of carbonyl (C=O) groups is 4. The number of carboxylic acids is 1. The molecule has 0 saturated carbocycles. The van der Waals surface area contributed by atoms with Crippen molar-refractivity contribution in [2.24, 2.45) is 17.6 Å². The Morgan fingerprint density at radius 2 is 2.00 bits per heavy atom. The zero-order valence-electron chi connectivity index (χ0n) is 21.3. The SMILES string of the molecule is CNCC(=O)N[C@H](C)[C@H]1C(=O)N2C(C(=O)O)=C(S[C@@H]3CN[C@H](C(=O)N4CCC(N)C[C@@H]4C)C3)[C@H](C)[C@H]12. The van der Waals surface area contributed by atoms with E-state index >= 15 is 0 Å². The van der Waals surface area contributed by atoms with Crippen LogP contribution in [0.3, 0.4) is 0 Å². The van der Waals surface area contributed by atoms with Crippen molar-refractivity contribution in [1.82, 2.24) is 25.8 Å². The fourth-order valence-corrected chi connectivity index (χ4v) is 7.63. The van der Waals surface area contributed by atoms with Crippen molar-refractivity contribution in [3.63, 3.8) is 0 Å². The Kier molecular flexibility index (Phi) is 7.98. The maximum absolute atomic E-state index is 13.2. The van der Waals surface area contributed by atoms with Gasteiger partial charge in [-0.1, -0.05) is 6.92 Å². The first-order chi connectivity index (χ1) is 17.0. The average molecular weight is 523 g/mol. The third-order valence-electron chi connectivity index (χ3n) is 7.94. The van der Waals surface area contributed by atoms with Gasteiger partial charge in [0.25, 0.3) is 0 Å². The summed E-state index contributed by atoms with van der Waals surface area (Å²) in [4.78, 5) is 54.4. The van der Waals surface area contributed by atoms with Crippen LogP contribution in [-0.2, 0) is 19.2 Å². The van der Waals surface area contributed by atoms with Crippen LogP contribution in [0, 0.1) is 11.8 Å². The minimum absolute atomic E-state index is 0.0214. The summed E-state index contributed by atoms with van der Waals surface area (Å²) in [6.07, 6.45) is 2.19. The van der Waals surface area contributed by atoms with Crippen LogP contribution in [0.4, 0.5) is 0 Å². The Morgan fingerprint density at radius 1 is 1.28 bits per heavy atom. The number of carboxylic acid groups (broad SMARTS) is 1. The number of piperidine rings is 1. The molecule has 3 fully saturated rings. The fourth-order valence-electron chi connectivity index (χ4n) is 6.15. The number of amides is 3. The van der Waals surface area contributed by atoms with Crippen LogP contribution in [0.2, 0.25) is 0 Å². The van der Waals surface area contributed by atoms with Crippen molar-refractivity contribution < 1.29 is 24.3 Å². The second-order valence-corrected chi connectivity index (χ2v) is 11.9. The smallest absolute Gasteiger partial charge is 0.353 e. The molecule has 0 aromatic carbocycles. The Labute approximate surface area is 215 Å². The molecule has 8 atom stereocenters. The molecule has 3 amide bonds. The summed E-state index contributed by atoms with van der Waals surface area (Å²) in [5, 5.41) is 19.0. The number of thioether (sulfide) groups is 1. The van der Waals surface area contributed by atoms with E-state index in [0.717, 1.165) is 12.8 Å². The lowest BCUT2D eigenvalue weighted by Gasteiger charge is -2.47. The number of likely N-dealkylation sites (tertiary alicyclic amines) is 1. The third kappa shape index (κ3) is 4.88. The lowest BCUT2D eigenvalue weighted by molar-refractivity contribution is -0.158. The molecule has 4 aliphatic rings. The number of aliphatic carboxylic acids is 1. The second-order valence-electron chi connectivity index (χ2n) is 10.5. The molecule has 0 radical (unpaired) electrons. The number of hydrogen-bond acceptors (Lipinski definition) is 8. The van der Waals surface area contributed by atoms with Crippen LogP contribution in [0.5, 0.6) is 0 Å². The number of nitrogens with two attached hydrogens (primary N) is 1. The molecule has 4 aliphatic heterocycles. The first kappa shape index (κ1) is 26.9. The molecule has 0 spiro atoms. The van der Waals surface area contributed by atoms with Crippen molar-refractivity contribution in [1.29, 1.82) is 0 Å². The monoisotopic (exact) mass is 522 g/mol. The molecular weight excluding hydrogens is 484 g/mol. The standard InChI is InChI=1S/C24H38N6O5S/c1-11-7-14(25)5-6-29(11)22(32)16-8-15(9-27-16)36-21-12(2)19-18(13(3)28-17(31)10-26-4)23(33)30(19)20(21)24(34)35/h11-16,18-19,26-27H,5-10,25H2,1-4H3,(H,28,31)(H,34,35)/t11-,12+,13+,14?,15-,16-,18+,19+/m0/s1. The largest absolute Gasteiger partial charge is 0.477 e. The average Bonchev–Trinajstić information content (AvgIpc) is 3.35. The van der Waals surface area contributed by atoms with E-state index in [2.05, 4.69) is 16.0 Å². The first-order valence-electron chi connectivity index (χ1n) is 12.8. The summed E-state index contributed by atoms with van der Waals surface area (Å²) in [7, 11) is 1.67. The lowest BCUT2D eigenvalue weighted by atomic mass is 9.78. The van der Waals surface area contributed by atoms with Gasteiger partial charge >= 0.3 is 5.97 Å². The highest BCUT2D eigenvalue weighted by atomic mass is 32.2. The molecule has 200 valence electrons. The number of nitrogens with zero attached hydrogens (tertiary/aromatic N) is 2. The van der Waals surface area contributed by atoms with E-state index in [1.807, 2.05) is 18.7 Å². The number of hydrogen-bond donors (Lipinski definition) is 5. The summed E-state index contributed by atoms with van der Waals surface area (Å²) in [5.41, 5.74) is 6.09. The topological polar surface area (TPSA) is 157 Å². The van der Waals surface area contributed by atoms with E-state index < -0.39 is 17.9 Å². The number of likely N-dealkylation sites (N-methyl/N-ethyl adjacent to an activating group) is 1. The lowest BCUT2D eigenvalue weighted by Crippen LogP contribution is -2.66. The first-order valence-corrected chi connectivity index (χ1v) is 13.6. The van der Waals surface area contributed by atoms with Crippen molar-refractivity contribution in [3.05, 3.63) is 10.6 Å². The summed E-state index contributed by atoms with van der Waals surface area (Å²) in [6.45, 7) is 7.16. The summed E-state index contributed by atoms with van der Waals surface area (Å²) >= 11 is 1.47. The van der Waals surface area contributed by atoms with Crippen LogP contribution >= 0.6 is 11.8 Å². The van der Waals surface area contributed by atoms with Gasteiger partial charge in [0.15, 0.2) is 0 Å².